The van der Waals surface area contributed by atoms with Gasteiger partial charge in [-0.15, -0.1) is 0 Å². The Labute approximate surface area is 117 Å². The minimum absolute atomic E-state index is 0.0187. The summed E-state index contributed by atoms with van der Waals surface area (Å²) in [4.78, 5) is -0.0187. The molecule has 1 aromatic rings. The maximum Gasteiger partial charge on any atom is 0.240 e. The van der Waals surface area contributed by atoms with Gasteiger partial charge in [0.2, 0.25) is 10.0 Å². The lowest BCUT2D eigenvalue weighted by Gasteiger charge is -2.15. The van der Waals surface area contributed by atoms with E-state index in [0.717, 1.165) is 0 Å². The van der Waals surface area contributed by atoms with Gasteiger partial charge in [-0.25, -0.2) is 21.6 Å². The van der Waals surface area contributed by atoms with Crippen molar-refractivity contribution >= 4 is 19.9 Å². The molecule has 1 aromatic carbocycles. The van der Waals surface area contributed by atoms with Crippen LogP contribution in [-0.2, 0) is 19.9 Å². The van der Waals surface area contributed by atoms with Crippen molar-refractivity contribution in [3.05, 3.63) is 24.3 Å². The highest BCUT2D eigenvalue weighted by atomic mass is 32.2. The molecule has 1 aliphatic rings. The molecule has 20 heavy (non-hydrogen) atoms. The third-order valence-corrected chi connectivity index (χ3v) is 6.22. The normalized spacial score (nSPS) is 25.5. The predicted molar refractivity (Wildman–Crippen MR) is 71.8 cm³/mol. The van der Waals surface area contributed by atoms with E-state index in [1.165, 1.54) is 31.4 Å². The lowest BCUT2D eigenvalue weighted by molar-refractivity contribution is 0.176. The molecule has 112 valence electrons. The van der Waals surface area contributed by atoms with Crippen LogP contribution in [0.2, 0.25) is 0 Å². The highest BCUT2D eigenvalue weighted by Gasteiger charge is 2.38. The quantitative estimate of drug-likeness (QED) is 0.746. The van der Waals surface area contributed by atoms with E-state index in [1.54, 1.807) is 0 Å². The Morgan fingerprint density at radius 3 is 2.30 bits per heavy atom. The second kappa shape index (κ2) is 5.32. The van der Waals surface area contributed by atoms with Crippen molar-refractivity contribution in [2.45, 2.75) is 17.0 Å². The molecule has 0 unspecified atom stereocenters. The highest BCUT2D eigenvalue weighted by Crippen LogP contribution is 2.18. The lowest BCUT2D eigenvalue weighted by Crippen LogP contribution is -2.42. The van der Waals surface area contributed by atoms with E-state index in [0.29, 0.717) is 5.75 Å². The fourth-order valence-corrected chi connectivity index (χ4v) is 5.08. The number of ether oxygens (including phenoxy) is 1. The van der Waals surface area contributed by atoms with Crippen LogP contribution in [0, 0.1) is 0 Å². The molecule has 7 nitrogen and oxygen atoms in total. The first-order valence-electron chi connectivity index (χ1n) is 5.78. The first-order valence-corrected chi connectivity index (χ1v) is 9.09. The molecule has 0 bridgehead atoms. The van der Waals surface area contributed by atoms with Gasteiger partial charge in [0.1, 0.15) is 5.75 Å². The van der Waals surface area contributed by atoms with Crippen molar-refractivity contribution in [2.24, 2.45) is 0 Å². The molecule has 1 aliphatic heterocycles. The van der Waals surface area contributed by atoms with Gasteiger partial charge < -0.3 is 9.84 Å². The molecular weight excluding hydrogens is 306 g/mol. The number of aliphatic hydroxyl groups is 1. The number of benzene rings is 1. The topological polar surface area (TPSA) is 110 Å². The van der Waals surface area contributed by atoms with Gasteiger partial charge in [0, 0.05) is 0 Å². The van der Waals surface area contributed by atoms with Crippen molar-refractivity contribution < 1.29 is 26.7 Å². The van der Waals surface area contributed by atoms with E-state index in [2.05, 4.69) is 4.72 Å². The minimum Gasteiger partial charge on any atom is -0.497 e. The summed E-state index contributed by atoms with van der Waals surface area (Å²) in [6, 6.07) is 4.63. The predicted octanol–water partition coefficient (Wildman–Crippen LogP) is -0.869. The van der Waals surface area contributed by atoms with Gasteiger partial charge >= 0.3 is 0 Å². The standard InChI is InChI=1S/C11H15NO6S2/c1-18-8-2-4-9(5-3-8)20(16,17)12-10-6-19(14,15)7-11(10)13/h2-5,10-13H,6-7H2,1H3/t10-,11-/m0/s1. The maximum atomic E-state index is 12.1. The summed E-state index contributed by atoms with van der Waals surface area (Å²) in [7, 11) is -5.83. The molecule has 2 rings (SSSR count). The van der Waals surface area contributed by atoms with Gasteiger partial charge in [-0.05, 0) is 24.3 Å². The van der Waals surface area contributed by atoms with Crippen LogP contribution < -0.4 is 9.46 Å². The number of hydrogen-bond donors (Lipinski definition) is 2. The number of aliphatic hydroxyl groups excluding tert-OH is 1. The Bertz CT molecular complexity index is 680. The minimum atomic E-state index is -3.88. The number of sulfone groups is 1. The van der Waals surface area contributed by atoms with E-state index < -0.39 is 43.5 Å². The third-order valence-electron chi connectivity index (χ3n) is 3.00. The summed E-state index contributed by atoms with van der Waals surface area (Å²) in [5.41, 5.74) is 0. The lowest BCUT2D eigenvalue weighted by atomic mass is 10.2. The van der Waals surface area contributed by atoms with Crippen molar-refractivity contribution in [3.63, 3.8) is 0 Å². The molecule has 1 fully saturated rings. The smallest absolute Gasteiger partial charge is 0.240 e. The average Bonchev–Trinajstić information content (AvgIpc) is 2.61. The molecule has 9 heteroatoms. The van der Waals surface area contributed by atoms with Crippen LogP contribution in [0.15, 0.2) is 29.2 Å². The molecule has 0 aromatic heterocycles. The summed E-state index contributed by atoms with van der Waals surface area (Å²) in [6.07, 6.45) is -1.23. The van der Waals surface area contributed by atoms with Crippen LogP contribution in [-0.4, -0.2) is 52.7 Å². The van der Waals surface area contributed by atoms with Crippen molar-refractivity contribution in [3.8, 4) is 5.75 Å². The van der Waals surface area contributed by atoms with Gasteiger partial charge in [0.05, 0.1) is 35.7 Å². The van der Waals surface area contributed by atoms with Gasteiger partial charge in [-0.1, -0.05) is 0 Å². The zero-order valence-electron chi connectivity index (χ0n) is 10.7. The third kappa shape index (κ3) is 3.29. The number of nitrogens with one attached hydrogen (secondary N) is 1. The molecule has 0 spiro atoms. The van der Waals surface area contributed by atoms with Crippen LogP contribution >= 0.6 is 0 Å². The van der Waals surface area contributed by atoms with Gasteiger partial charge in [-0.2, -0.15) is 0 Å². The van der Waals surface area contributed by atoms with E-state index in [9.17, 15) is 21.9 Å². The number of sulfonamides is 1. The van der Waals surface area contributed by atoms with E-state index in [1.807, 2.05) is 0 Å². The summed E-state index contributed by atoms with van der Waals surface area (Å²) < 4.78 is 54.0. The number of hydrogen-bond acceptors (Lipinski definition) is 6. The van der Waals surface area contributed by atoms with Gasteiger partial charge in [0.25, 0.3) is 0 Å². The first-order chi connectivity index (χ1) is 9.23. The Morgan fingerprint density at radius 1 is 1.25 bits per heavy atom. The fraction of sp³-hybridized carbons (Fsp3) is 0.455. The molecule has 2 atom stereocenters. The average molecular weight is 321 g/mol. The molecule has 0 saturated carbocycles. The van der Waals surface area contributed by atoms with Crippen LogP contribution in [0.3, 0.4) is 0 Å². The Balaban J connectivity index is 2.19. The summed E-state index contributed by atoms with van der Waals surface area (Å²) in [5.74, 6) is -0.320. The van der Waals surface area contributed by atoms with E-state index in [4.69, 9.17) is 4.74 Å². The Morgan fingerprint density at radius 2 is 1.85 bits per heavy atom. The maximum absolute atomic E-state index is 12.1. The molecular formula is C11H15NO6S2. The summed E-state index contributed by atoms with van der Waals surface area (Å²) in [6.45, 7) is 0. The SMILES string of the molecule is COc1ccc(S(=O)(=O)N[C@H]2CS(=O)(=O)C[C@@H]2O)cc1. The van der Waals surface area contributed by atoms with Crippen molar-refractivity contribution in [2.75, 3.05) is 18.6 Å². The fourth-order valence-electron chi connectivity index (χ4n) is 1.96. The molecule has 2 N–H and O–H groups in total. The van der Waals surface area contributed by atoms with Crippen LogP contribution in [0.1, 0.15) is 0 Å². The Kier molecular flexibility index (Phi) is 4.05. The molecule has 0 aliphatic carbocycles. The Hall–Kier alpha value is -1.16. The monoisotopic (exact) mass is 321 g/mol. The largest absolute Gasteiger partial charge is 0.497 e. The van der Waals surface area contributed by atoms with Crippen LogP contribution in [0.25, 0.3) is 0 Å². The number of rotatable bonds is 4. The molecule has 1 heterocycles. The first kappa shape index (κ1) is 15.2. The second-order valence-electron chi connectivity index (χ2n) is 4.55. The van der Waals surface area contributed by atoms with E-state index in [-0.39, 0.29) is 4.90 Å². The van der Waals surface area contributed by atoms with Crippen LogP contribution in [0.5, 0.6) is 5.75 Å². The number of methoxy groups -OCH3 is 1. The molecule has 1 saturated heterocycles. The molecule has 0 radical (unpaired) electrons. The highest BCUT2D eigenvalue weighted by molar-refractivity contribution is 7.92. The van der Waals surface area contributed by atoms with E-state index >= 15 is 0 Å². The van der Waals surface area contributed by atoms with Crippen molar-refractivity contribution in [1.82, 2.24) is 4.72 Å². The zero-order chi connectivity index (χ0) is 15.0. The van der Waals surface area contributed by atoms with Gasteiger partial charge in [0.15, 0.2) is 9.84 Å². The van der Waals surface area contributed by atoms with Crippen molar-refractivity contribution in [1.29, 1.82) is 0 Å². The summed E-state index contributed by atoms with van der Waals surface area (Å²) >= 11 is 0. The molecule has 0 amide bonds. The van der Waals surface area contributed by atoms with Gasteiger partial charge in [-0.3, -0.25) is 0 Å². The summed E-state index contributed by atoms with van der Waals surface area (Å²) in [5, 5.41) is 9.59. The second-order valence-corrected chi connectivity index (χ2v) is 8.42. The van der Waals surface area contributed by atoms with Crippen LogP contribution in [0.4, 0.5) is 0 Å². The zero-order valence-corrected chi connectivity index (χ0v) is 12.3.